The first-order valence-electron chi connectivity index (χ1n) is 13.0. The molecular formula is C30H33N7O2S. The molecule has 5 aromatic rings. The van der Waals surface area contributed by atoms with Crippen molar-refractivity contribution in [1.82, 2.24) is 19.5 Å². The molecule has 0 bridgehead atoms. The van der Waals surface area contributed by atoms with Gasteiger partial charge in [0.1, 0.15) is 15.4 Å². The zero-order valence-corrected chi connectivity index (χ0v) is 23.9. The van der Waals surface area contributed by atoms with Crippen LogP contribution in [-0.4, -0.2) is 47.0 Å². The molecule has 0 fully saturated rings. The van der Waals surface area contributed by atoms with Crippen LogP contribution in [0.1, 0.15) is 16.7 Å². The number of aryl methyl sites for hydroxylation is 3. The number of hydrogen-bond acceptors (Lipinski definition) is 8. The number of sulfone groups is 1. The van der Waals surface area contributed by atoms with Gasteiger partial charge in [0.15, 0.2) is 0 Å². The van der Waals surface area contributed by atoms with Gasteiger partial charge in [-0.25, -0.2) is 23.4 Å². The van der Waals surface area contributed by atoms with E-state index in [9.17, 15) is 8.42 Å². The van der Waals surface area contributed by atoms with E-state index in [2.05, 4.69) is 62.8 Å². The summed E-state index contributed by atoms with van der Waals surface area (Å²) in [5, 5.41) is 10.0. The third-order valence-corrected chi connectivity index (χ3v) is 7.70. The molecule has 3 aromatic carbocycles. The zero-order valence-electron chi connectivity index (χ0n) is 23.1. The first kappa shape index (κ1) is 27.1. The lowest BCUT2D eigenvalue weighted by molar-refractivity contribution is 0.601. The van der Waals surface area contributed by atoms with Crippen LogP contribution in [0.15, 0.2) is 72.9 Å². The molecule has 3 N–H and O–H groups in total. The molecule has 0 saturated carbocycles. The molecule has 10 heteroatoms. The maximum absolute atomic E-state index is 11.6. The van der Waals surface area contributed by atoms with Crippen LogP contribution in [0.2, 0.25) is 0 Å². The number of nitrogens with zero attached hydrogens (tertiary/aromatic N) is 4. The fourth-order valence-corrected chi connectivity index (χ4v) is 5.17. The second kappa shape index (κ2) is 11.4. The second-order valence-electron chi connectivity index (χ2n) is 9.91. The Hall–Kier alpha value is -4.44. The van der Waals surface area contributed by atoms with Gasteiger partial charge in [0, 0.05) is 44.5 Å². The largest absolute Gasteiger partial charge is 0.388 e. The van der Waals surface area contributed by atoms with Crippen molar-refractivity contribution in [3.63, 3.8) is 0 Å². The van der Waals surface area contributed by atoms with E-state index in [4.69, 9.17) is 9.97 Å². The van der Waals surface area contributed by atoms with Crippen LogP contribution in [0.4, 0.5) is 23.3 Å². The first-order valence-corrected chi connectivity index (χ1v) is 15.1. The fraction of sp³-hybridized carbons (Fsp3) is 0.233. The third-order valence-electron chi connectivity index (χ3n) is 6.75. The lowest BCUT2D eigenvalue weighted by atomic mass is 10.1. The first-order chi connectivity index (χ1) is 19.2. The fourth-order valence-electron chi connectivity index (χ4n) is 4.57. The molecule has 0 saturated heterocycles. The summed E-state index contributed by atoms with van der Waals surface area (Å²) < 4.78 is 25.2. The summed E-state index contributed by atoms with van der Waals surface area (Å²) in [7, 11) is 0.842. The van der Waals surface area contributed by atoms with Gasteiger partial charge in [0.2, 0.25) is 11.9 Å². The molecular weight excluding hydrogens is 522 g/mol. The van der Waals surface area contributed by atoms with Gasteiger partial charge in [-0.2, -0.15) is 0 Å². The maximum Gasteiger partial charge on any atom is 0.227 e. The Labute approximate surface area is 234 Å². The van der Waals surface area contributed by atoms with Crippen LogP contribution in [0.3, 0.4) is 0 Å². The molecule has 0 aliphatic carbocycles. The molecule has 40 heavy (non-hydrogen) atoms. The van der Waals surface area contributed by atoms with E-state index in [1.54, 1.807) is 6.20 Å². The number of benzene rings is 3. The number of aromatic nitrogens is 4. The monoisotopic (exact) mass is 555 g/mol. The Kier molecular flexibility index (Phi) is 7.70. The molecule has 2 heterocycles. The summed E-state index contributed by atoms with van der Waals surface area (Å²) in [6, 6.07) is 22.0. The Morgan fingerprint density at radius 2 is 1.75 bits per heavy atom. The Morgan fingerprint density at radius 3 is 2.50 bits per heavy atom. The van der Waals surface area contributed by atoms with Crippen molar-refractivity contribution < 1.29 is 8.42 Å². The van der Waals surface area contributed by atoms with Gasteiger partial charge in [-0.3, -0.25) is 0 Å². The van der Waals surface area contributed by atoms with Crippen LogP contribution in [0.5, 0.6) is 0 Å². The standard InChI is InChI=1S/C30H33N7O2S/c1-20-8-10-22(11-9-20)19-33-30-36-28-26(37(30)3)13-12-24(31-2)27(28)25-14-16-32-29(35-25)34-23-7-5-6-21(18-23)15-17-40(4,38)39/h5-14,16,18,31H,15,17,19H2,1-4H3,(H,33,36)(H,32,34,35). The summed E-state index contributed by atoms with van der Waals surface area (Å²) in [5.74, 6) is 1.31. The normalized spacial score (nSPS) is 11.5. The maximum atomic E-state index is 11.6. The van der Waals surface area contributed by atoms with Gasteiger partial charge in [0.25, 0.3) is 0 Å². The molecule has 206 valence electrons. The van der Waals surface area contributed by atoms with E-state index in [-0.39, 0.29) is 5.75 Å². The van der Waals surface area contributed by atoms with Crippen molar-refractivity contribution in [3.05, 3.63) is 89.6 Å². The highest BCUT2D eigenvalue weighted by atomic mass is 32.2. The smallest absolute Gasteiger partial charge is 0.227 e. The number of fused-ring (bicyclic) bond motifs is 1. The molecule has 0 aliphatic heterocycles. The Bertz CT molecular complexity index is 1760. The number of imidazole rings is 1. The van der Waals surface area contributed by atoms with E-state index in [0.29, 0.717) is 18.9 Å². The average Bonchev–Trinajstić information content (AvgIpc) is 3.26. The van der Waals surface area contributed by atoms with Crippen molar-refractivity contribution in [2.75, 3.05) is 35.0 Å². The van der Waals surface area contributed by atoms with Gasteiger partial charge >= 0.3 is 0 Å². The van der Waals surface area contributed by atoms with Gasteiger partial charge < -0.3 is 20.5 Å². The van der Waals surface area contributed by atoms with Crippen LogP contribution in [0.25, 0.3) is 22.3 Å². The highest BCUT2D eigenvalue weighted by molar-refractivity contribution is 7.90. The predicted octanol–water partition coefficient (Wildman–Crippen LogP) is 5.32. The van der Waals surface area contributed by atoms with Crippen LogP contribution < -0.4 is 16.0 Å². The number of nitrogens with one attached hydrogen (secondary N) is 3. The number of rotatable bonds is 10. The van der Waals surface area contributed by atoms with Gasteiger partial charge in [-0.15, -0.1) is 0 Å². The van der Waals surface area contributed by atoms with Crippen molar-refractivity contribution >= 4 is 44.1 Å². The lowest BCUT2D eigenvalue weighted by Gasteiger charge is -2.12. The van der Waals surface area contributed by atoms with Crippen LogP contribution >= 0.6 is 0 Å². The molecule has 0 radical (unpaired) electrons. The number of hydrogen-bond donors (Lipinski definition) is 3. The van der Waals surface area contributed by atoms with Crippen molar-refractivity contribution in [1.29, 1.82) is 0 Å². The summed E-state index contributed by atoms with van der Waals surface area (Å²) in [6.45, 7) is 2.74. The topological polar surface area (TPSA) is 114 Å². The van der Waals surface area contributed by atoms with Crippen LogP contribution in [-0.2, 0) is 29.9 Å². The SMILES string of the molecule is CNc1ccc2c(nc(NCc3ccc(C)cc3)n2C)c1-c1ccnc(Nc2cccc(CCS(C)(=O)=O)c2)n1. The summed E-state index contributed by atoms with van der Waals surface area (Å²) in [6.07, 6.45) is 3.41. The molecule has 2 aromatic heterocycles. The second-order valence-corrected chi connectivity index (χ2v) is 12.2. The minimum absolute atomic E-state index is 0.102. The number of anilines is 4. The van der Waals surface area contributed by atoms with Gasteiger partial charge in [-0.05, 0) is 54.8 Å². The van der Waals surface area contributed by atoms with E-state index < -0.39 is 9.84 Å². The predicted molar refractivity (Wildman–Crippen MR) is 163 cm³/mol. The molecule has 0 atom stereocenters. The third kappa shape index (κ3) is 6.23. The molecule has 5 rings (SSSR count). The Balaban J connectivity index is 1.44. The minimum Gasteiger partial charge on any atom is -0.388 e. The van der Waals surface area contributed by atoms with E-state index >= 15 is 0 Å². The van der Waals surface area contributed by atoms with Gasteiger partial charge in [-0.1, -0.05) is 42.0 Å². The van der Waals surface area contributed by atoms with Crippen molar-refractivity contribution in [2.45, 2.75) is 19.9 Å². The van der Waals surface area contributed by atoms with Crippen molar-refractivity contribution in [2.24, 2.45) is 7.05 Å². The molecule has 0 amide bonds. The Morgan fingerprint density at radius 1 is 0.950 bits per heavy atom. The van der Waals surface area contributed by atoms with E-state index in [0.717, 1.165) is 45.2 Å². The summed E-state index contributed by atoms with van der Waals surface area (Å²) >= 11 is 0. The lowest BCUT2D eigenvalue weighted by Crippen LogP contribution is -2.06. The highest BCUT2D eigenvalue weighted by Crippen LogP contribution is 2.35. The zero-order chi connectivity index (χ0) is 28.3. The van der Waals surface area contributed by atoms with Crippen LogP contribution in [0, 0.1) is 6.92 Å². The van der Waals surface area contributed by atoms with E-state index in [1.807, 2.05) is 50.5 Å². The average molecular weight is 556 g/mol. The highest BCUT2D eigenvalue weighted by Gasteiger charge is 2.18. The molecule has 0 unspecified atom stereocenters. The van der Waals surface area contributed by atoms with Gasteiger partial charge in [0.05, 0.1) is 22.5 Å². The quantitative estimate of drug-likeness (QED) is 0.212. The summed E-state index contributed by atoms with van der Waals surface area (Å²) in [4.78, 5) is 14.2. The summed E-state index contributed by atoms with van der Waals surface area (Å²) in [5.41, 5.74) is 8.44. The van der Waals surface area contributed by atoms with E-state index in [1.165, 1.54) is 17.4 Å². The molecule has 0 aliphatic rings. The molecule has 9 nitrogen and oxygen atoms in total. The molecule has 0 spiro atoms. The van der Waals surface area contributed by atoms with Crippen molar-refractivity contribution in [3.8, 4) is 11.3 Å². The minimum atomic E-state index is -3.04.